The number of aliphatic carboxylic acids is 1. The molecule has 0 radical (unpaired) electrons. The topological polar surface area (TPSA) is 83.5 Å². The number of carbonyl (C=O) groups excluding carboxylic acids is 2. The van der Waals surface area contributed by atoms with E-state index < -0.39 is 24.0 Å². The second-order valence-electron chi connectivity index (χ2n) is 5.34. The molecule has 2 rings (SSSR count). The summed E-state index contributed by atoms with van der Waals surface area (Å²) in [6.07, 6.45) is -0.0372. The number of rotatable bonds is 6. The minimum atomic E-state index is -1.59. The number of ketones is 2. The highest BCUT2D eigenvalue weighted by atomic mass is 35.5. The van der Waals surface area contributed by atoms with Gasteiger partial charge in [-0.25, -0.2) is 4.79 Å². The molecule has 0 spiro atoms. The summed E-state index contributed by atoms with van der Waals surface area (Å²) in [5, 5.41) is 11.9. The minimum Gasteiger partial charge on any atom is -0.475 e. The molecule has 0 aliphatic rings. The Labute approximate surface area is 151 Å². The van der Waals surface area contributed by atoms with E-state index in [4.69, 9.17) is 16.7 Å². The van der Waals surface area contributed by atoms with Crippen LogP contribution in [0.5, 0.6) is 0 Å². The van der Waals surface area contributed by atoms with Gasteiger partial charge in [0.05, 0.1) is 6.42 Å². The van der Waals surface area contributed by atoms with Crippen molar-refractivity contribution in [3.8, 4) is 0 Å². The molecular weight excluding hydrogens is 342 g/mol. The number of carboxylic acid groups (broad SMARTS) is 1. The molecule has 6 heteroatoms. The van der Waals surface area contributed by atoms with Crippen molar-refractivity contribution in [3.05, 3.63) is 70.2 Å². The molecule has 0 aliphatic carbocycles. The number of carboxylic acids is 1. The number of nitrogens with one attached hydrogen (secondary N) is 1. The van der Waals surface area contributed by atoms with Crippen LogP contribution in [0.1, 0.15) is 27.9 Å². The van der Waals surface area contributed by atoms with Crippen LogP contribution in [-0.2, 0) is 16.0 Å². The van der Waals surface area contributed by atoms with Crippen molar-refractivity contribution in [3.63, 3.8) is 0 Å². The van der Waals surface area contributed by atoms with Crippen LogP contribution in [0.2, 0.25) is 5.02 Å². The number of halogens is 1. The average molecular weight is 362 g/mol. The highest BCUT2D eigenvalue weighted by Crippen LogP contribution is 2.16. The second-order valence-corrected chi connectivity index (χ2v) is 5.77. The van der Waals surface area contributed by atoms with Crippen LogP contribution in [0, 0.1) is 0 Å². The fraction of sp³-hybridized carbons (Fsp3) is 0.211. The Morgan fingerprint density at radius 2 is 1.56 bits per heavy atom. The van der Waals surface area contributed by atoms with Gasteiger partial charge in [0.1, 0.15) is 0 Å². The van der Waals surface area contributed by atoms with Crippen LogP contribution >= 0.6 is 11.6 Å². The lowest BCUT2D eigenvalue weighted by atomic mass is 9.99. The van der Waals surface area contributed by atoms with Gasteiger partial charge in [-0.1, -0.05) is 41.9 Å². The smallest absolute Gasteiger partial charge is 0.372 e. The molecular formula is C19H20ClNO4. The summed E-state index contributed by atoms with van der Waals surface area (Å²) in [4.78, 5) is 33.5. The third-order valence-electron chi connectivity index (χ3n) is 3.11. The average Bonchev–Trinajstić information content (AvgIpc) is 2.55. The fourth-order valence-corrected chi connectivity index (χ4v) is 2.27. The normalized spacial score (nSPS) is 9.72. The maximum absolute atomic E-state index is 11.9. The van der Waals surface area contributed by atoms with E-state index in [-0.39, 0.29) is 0 Å². The molecule has 25 heavy (non-hydrogen) atoms. The number of carbonyl (C=O) groups is 3. The molecule has 0 unspecified atom stereocenters. The number of hydrogen-bond acceptors (Lipinski definition) is 4. The molecule has 2 N–H and O–H groups in total. The summed E-state index contributed by atoms with van der Waals surface area (Å²) in [5.41, 5.74) is 2.21. The van der Waals surface area contributed by atoms with Crippen LogP contribution in [0.25, 0.3) is 0 Å². The van der Waals surface area contributed by atoms with E-state index in [0.29, 0.717) is 17.0 Å². The van der Waals surface area contributed by atoms with Crippen LogP contribution in [-0.4, -0.2) is 36.7 Å². The summed E-state index contributed by atoms with van der Waals surface area (Å²) in [6.45, 7) is 0. The molecule has 2 aromatic carbocycles. The van der Waals surface area contributed by atoms with E-state index in [9.17, 15) is 14.4 Å². The summed E-state index contributed by atoms with van der Waals surface area (Å²) in [6, 6.07) is 14.2. The van der Waals surface area contributed by atoms with Crippen molar-refractivity contribution >= 4 is 29.1 Å². The zero-order valence-corrected chi connectivity index (χ0v) is 14.8. The van der Waals surface area contributed by atoms with E-state index in [1.54, 1.807) is 24.3 Å². The molecule has 5 nitrogen and oxygen atoms in total. The van der Waals surface area contributed by atoms with Crippen molar-refractivity contribution in [1.29, 1.82) is 0 Å². The zero-order chi connectivity index (χ0) is 18.8. The molecule has 0 saturated heterocycles. The Hall–Kier alpha value is -2.50. The largest absolute Gasteiger partial charge is 0.475 e. The van der Waals surface area contributed by atoms with Gasteiger partial charge in [-0.3, -0.25) is 9.59 Å². The standard InChI is InChI=1S/C17H13ClO4.C2H7N/c18-14-6-2-4-12(9-14)7-11-3-1-5-13(8-11)15(19)10-16(20)17(21)22;1-3-2/h1-6,8-9H,7,10H2,(H,21,22);3H,1-2H3. The quantitative estimate of drug-likeness (QED) is 0.469. The van der Waals surface area contributed by atoms with Gasteiger partial charge in [-0.15, -0.1) is 0 Å². The number of benzene rings is 2. The van der Waals surface area contributed by atoms with E-state index in [1.165, 1.54) is 0 Å². The van der Waals surface area contributed by atoms with Gasteiger partial charge in [-0.05, 0) is 49.8 Å². The lowest BCUT2D eigenvalue weighted by Crippen LogP contribution is -2.17. The van der Waals surface area contributed by atoms with Crippen molar-refractivity contribution in [2.75, 3.05) is 14.1 Å². The summed E-state index contributed by atoms with van der Waals surface area (Å²) >= 11 is 5.93. The van der Waals surface area contributed by atoms with E-state index in [1.807, 2.05) is 38.4 Å². The molecule has 0 atom stereocenters. The van der Waals surface area contributed by atoms with Gasteiger partial charge < -0.3 is 10.4 Å². The van der Waals surface area contributed by atoms with E-state index in [0.717, 1.165) is 11.1 Å². The maximum atomic E-state index is 11.9. The van der Waals surface area contributed by atoms with E-state index >= 15 is 0 Å². The Morgan fingerprint density at radius 3 is 2.12 bits per heavy atom. The summed E-state index contributed by atoms with van der Waals surface area (Å²) in [7, 11) is 3.75. The van der Waals surface area contributed by atoms with Crippen molar-refractivity contribution < 1.29 is 19.5 Å². The molecule has 0 heterocycles. The number of hydrogen-bond donors (Lipinski definition) is 2. The Morgan fingerprint density at radius 1 is 1.00 bits per heavy atom. The first-order valence-corrected chi connectivity index (χ1v) is 7.96. The van der Waals surface area contributed by atoms with Gasteiger partial charge in [0.15, 0.2) is 5.78 Å². The first kappa shape index (κ1) is 20.5. The molecule has 0 bridgehead atoms. The molecule has 0 saturated carbocycles. The highest BCUT2D eigenvalue weighted by molar-refractivity contribution is 6.37. The van der Waals surface area contributed by atoms with Gasteiger partial charge in [0.25, 0.3) is 0 Å². The number of Topliss-reactive ketones (excluding diaryl/α,β-unsaturated/α-hetero) is 2. The molecule has 0 aromatic heterocycles. The van der Waals surface area contributed by atoms with Crippen molar-refractivity contribution in [2.24, 2.45) is 0 Å². The molecule has 0 fully saturated rings. The van der Waals surface area contributed by atoms with Gasteiger partial charge in [0.2, 0.25) is 5.78 Å². The van der Waals surface area contributed by atoms with Gasteiger partial charge in [0, 0.05) is 10.6 Å². The van der Waals surface area contributed by atoms with Gasteiger partial charge in [-0.2, -0.15) is 0 Å². The SMILES string of the molecule is CNC.O=C(O)C(=O)CC(=O)c1cccc(Cc2cccc(Cl)c2)c1. The van der Waals surface area contributed by atoms with Crippen molar-refractivity contribution in [1.82, 2.24) is 5.32 Å². The Balaban J connectivity index is 0.000000970. The van der Waals surface area contributed by atoms with E-state index in [2.05, 4.69) is 5.32 Å². The Kier molecular flexibility index (Phi) is 8.53. The van der Waals surface area contributed by atoms with Crippen LogP contribution in [0.15, 0.2) is 48.5 Å². The predicted octanol–water partition coefficient (Wildman–Crippen LogP) is 2.99. The molecule has 132 valence electrons. The summed E-state index contributed by atoms with van der Waals surface area (Å²) < 4.78 is 0. The van der Waals surface area contributed by atoms with Crippen LogP contribution < -0.4 is 5.32 Å². The highest BCUT2D eigenvalue weighted by Gasteiger charge is 2.17. The third kappa shape index (κ3) is 7.28. The lowest BCUT2D eigenvalue weighted by molar-refractivity contribution is -0.148. The van der Waals surface area contributed by atoms with Gasteiger partial charge >= 0.3 is 5.97 Å². The molecule has 0 aliphatic heterocycles. The summed E-state index contributed by atoms with van der Waals surface area (Å²) in [5.74, 6) is -3.20. The minimum absolute atomic E-state index is 0.328. The Bertz CT molecular complexity index is 759. The van der Waals surface area contributed by atoms with Crippen LogP contribution in [0.4, 0.5) is 0 Å². The fourth-order valence-electron chi connectivity index (χ4n) is 2.06. The molecule has 2 aromatic rings. The second kappa shape index (κ2) is 10.4. The van der Waals surface area contributed by atoms with Crippen molar-refractivity contribution in [2.45, 2.75) is 12.8 Å². The maximum Gasteiger partial charge on any atom is 0.372 e. The predicted molar refractivity (Wildman–Crippen MR) is 97.3 cm³/mol. The first-order valence-electron chi connectivity index (χ1n) is 7.58. The molecule has 0 amide bonds. The third-order valence-corrected chi connectivity index (χ3v) is 3.34. The zero-order valence-electron chi connectivity index (χ0n) is 14.1. The first-order chi connectivity index (χ1) is 11.9. The lowest BCUT2D eigenvalue weighted by Gasteiger charge is -2.05. The van der Waals surface area contributed by atoms with Crippen LogP contribution in [0.3, 0.4) is 0 Å². The monoisotopic (exact) mass is 361 g/mol.